The third kappa shape index (κ3) is 5.15. The molecule has 1 spiro atoms. The van der Waals surface area contributed by atoms with Crippen LogP contribution in [-0.4, -0.2) is 4.57 Å². The van der Waals surface area contributed by atoms with Gasteiger partial charge in [-0.15, -0.1) is 0 Å². The maximum Gasteiger partial charge on any atom is 0.0746 e. The Labute approximate surface area is 400 Å². The maximum absolute atomic E-state index is 2.60. The summed E-state index contributed by atoms with van der Waals surface area (Å²) in [5, 5.41) is 10.0. The van der Waals surface area contributed by atoms with Gasteiger partial charge in [0.25, 0.3) is 0 Å². The first-order valence-electron chi connectivity index (χ1n) is 24.0. The average Bonchev–Trinajstić information content (AvgIpc) is 4.04. The number of nitrogens with zero attached hydrogens (tertiary/aromatic N) is 2. The lowest BCUT2D eigenvalue weighted by Crippen LogP contribution is -2.28. The van der Waals surface area contributed by atoms with Crippen molar-refractivity contribution in [3.63, 3.8) is 0 Å². The molecule has 0 N–H and O–H groups in total. The molecule has 15 rings (SSSR count). The van der Waals surface area contributed by atoms with Crippen LogP contribution in [0.25, 0.3) is 93.2 Å². The first-order chi connectivity index (χ1) is 34.3. The van der Waals surface area contributed by atoms with Crippen LogP contribution in [-0.2, 0) is 5.41 Å². The van der Waals surface area contributed by atoms with E-state index in [0.29, 0.717) is 0 Å². The van der Waals surface area contributed by atoms with Crippen LogP contribution in [0.15, 0.2) is 255 Å². The monoisotopic (exact) mass is 874 g/mol. The smallest absolute Gasteiger partial charge is 0.0746 e. The fourth-order valence-electron chi connectivity index (χ4n) is 12.8. The van der Waals surface area contributed by atoms with E-state index in [9.17, 15) is 0 Å². The van der Waals surface area contributed by atoms with Crippen molar-refractivity contribution in [1.82, 2.24) is 4.57 Å². The minimum Gasteiger partial charge on any atom is -0.309 e. The lowest BCUT2D eigenvalue weighted by Gasteiger charge is -2.36. The summed E-state index contributed by atoms with van der Waals surface area (Å²) < 4.78 is 2.42. The summed E-state index contributed by atoms with van der Waals surface area (Å²) in [7, 11) is 0. The molecule has 1 aromatic heterocycles. The Morgan fingerprint density at radius 1 is 0.290 bits per heavy atom. The van der Waals surface area contributed by atoms with Gasteiger partial charge in [0, 0.05) is 33.3 Å². The molecule has 69 heavy (non-hydrogen) atoms. The Hall–Kier alpha value is -8.98. The molecule has 0 radical (unpaired) electrons. The Kier molecular flexibility index (Phi) is 8.02. The number of fused-ring (bicyclic) bond motifs is 19. The second-order valence-electron chi connectivity index (χ2n) is 18.6. The SMILES string of the molecule is c1ccc(-n2c3ccccc3c3c(-c4ccccc4N(c4ccc5c6ccccc6c6ccccc6c5c4)c4cccc5c4C4(c6ccccc6-c6ccccc64)c4ccccc4-5)cccc32)cc1. The van der Waals surface area contributed by atoms with Crippen molar-refractivity contribution < 1.29 is 0 Å². The molecule has 0 saturated heterocycles. The van der Waals surface area contributed by atoms with E-state index in [1.807, 2.05) is 0 Å². The van der Waals surface area contributed by atoms with Gasteiger partial charge in [0.1, 0.15) is 0 Å². The predicted molar refractivity (Wildman–Crippen MR) is 290 cm³/mol. The molecule has 0 fully saturated rings. The molecule has 2 nitrogen and oxygen atoms in total. The van der Waals surface area contributed by atoms with E-state index in [2.05, 4.69) is 264 Å². The number of aromatic nitrogens is 1. The number of hydrogen-bond donors (Lipinski definition) is 0. The summed E-state index contributed by atoms with van der Waals surface area (Å²) in [5.74, 6) is 0. The number of hydrogen-bond acceptors (Lipinski definition) is 1. The zero-order valence-corrected chi connectivity index (χ0v) is 37.6. The highest BCUT2D eigenvalue weighted by Crippen LogP contribution is 2.65. The Bertz CT molecular complexity index is 4170. The predicted octanol–water partition coefficient (Wildman–Crippen LogP) is 17.7. The molecule has 2 heteroatoms. The Morgan fingerprint density at radius 3 is 1.41 bits per heavy atom. The van der Waals surface area contributed by atoms with Crippen LogP contribution in [0.5, 0.6) is 0 Å². The number of anilines is 3. The molecular formula is C67H42N2. The van der Waals surface area contributed by atoms with Crippen LogP contribution >= 0.6 is 0 Å². The topological polar surface area (TPSA) is 8.17 Å². The molecule has 0 unspecified atom stereocenters. The van der Waals surface area contributed by atoms with E-state index < -0.39 is 5.41 Å². The quantitative estimate of drug-likeness (QED) is 0.156. The molecule has 2 aliphatic rings. The lowest BCUT2D eigenvalue weighted by atomic mass is 9.70. The van der Waals surface area contributed by atoms with Gasteiger partial charge in [0.2, 0.25) is 0 Å². The molecule has 1 heterocycles. The normalized spacial score (nSPS) is 13.0. The van der Waals surface area contributed by atoms with Gasteiger partial charge in [0.05, 0.1) is 27.8 Å². The zero-order chi connectivity index (χ0) is 45.2. The molecule has 0 atom stereocenters. The van der Waals surface area contributed by atoms with Crippen molar-refractivity contribution in [2.24, 2.45) is 0 Å². The van der Waals surface area contributed by atoms with E-state index in [1.54, 1.807) is 0 Å². The van der Waals surface area contributed by atoms with E-state index in [-0.39, 0.29) is 0 Å². The minimum absolute atomic E-state index is 0.564. The van der Waals surface area contributed by atoms with Gasteiger partial charge in [-0.1, -0.05) is 206 Å². The van der Waals surface area contributed by atoms with Gasteiger partial charge in [-0.05, 0) is 125 Å². The maximum atomic E-state index is 2.60. The number of para-hydroxylation sites is 3. The van der Waals surface area contributed by atoms with Crippen molar-refractivity contribution >= 4 is 71.2 Å². The zero-order valence-electron chi connectivity index (χ0n) is 37.6. The van der Waals surface area contributed by atoms with Gasteiger partial charge in [0.15, 0.2) is 0 Å². The van der Waals surface area contributed by atoms with Crippen molar-refractivity contribution in [2.75, 3.05) is 4.90 Å². The highest BCUT2D eigenvalue weighted by Gasteiger charge is 2.53. The third-order valence-electron chi connectivity index (χ3n) is 15.4. The largest absolute Gasteiger partial charge is 0.309 e. The molecular weight excluding hydrogens is 833 g/mol. The Morgan fingerprint density at radius 2 is 0.739 bits per heavy atom. The van der Waals surface area contributed by atoms with E-state index in [4.69, 9.17) is 0 Å². The van der Waals surface area contributed by atoms with Gasteiger partial charge >= 0.3 is 0 Å². The Balaban J connectivity index is 1.08. The van der Waals surface area contributed by atoms with Crippen molar-refractivity contribution in [2.45, 2.75) is 5.41 Å². The first kappa shape index (κ1) is 38.2. The van der Waals surface area contributed by atoms with Gasteiger partial charge in [-0.2, -0.15) is 0 Å². The van der Waals surface area contributed by atoms with Crippen LogP contribution in [0.3, 0.4) is 0 Å². The minimum atomic E-state index is -0.564. The first-order valence-corrected chi connectivity index (χ1v) is 24.0. The molecule has 0 bridgehead atoms. The molecule has 2 aliphatic carbocycles. The van der Waals surface area contributed by atoms with Crippen LogP contribution in [0.2, 0.25) is 0 Å². The second-order valence-corrected chi connectivity index (χ2v) is 18.6. The van der Waals surface area contributed by atoms with Crippen LogP contribution < -0.4 is 4.90 Å². The highest BCUT2D eigenvalue weighted by molar-refractivity contribution is 6.26. The summed E-state index contributed by atoms with van der Waals surface area (Å²) in [6.45, 7) is 0. The molecule has 0 aliphatic heterocycles. The fourth-order valence-corrected chi connectivity index (χ4v) is 12.8. The van der Waals surface area contributed by atoms with Crippen molar-refractivity contribution in [1.29, 1.82) is 0 Å². The average molecular weight is 875 g/mol. The van der Waals surface area contributed by atoms with Gasteiger partial charge in [-0.3, -0.25) is 0 Å². The molecule has 320 valence electrons. The highest BCUT2D eigenvalue weighted by atomic mass is 15.1. The molecule has 12 aromatic carbocycles. The summed E-state index contributed by atoms with van der Waals surface area (Å²) in [6.07, 6.45) is 0. The fraction of sp³-hybridized carbons (Fsp3) is 0.0149. The van der Waals surface area contributed by atoms with E-state index in [0.717, 1.165) is 28.3 Å². The van der Waals surface area contributed by atoms with E-state index >= 15 is 0 Å². The van der Waals surface area contributed by atoms with E-state index in [1.165, 1.54) is 104 Å². The summed E-state index contributed by atoms with van der Waals surface area (Å²) in [4.78, 5) is 2.60. The van der Waals surface area contributed by atoms with Crippen LogP contribution in [0.1, 0.15) is 22.3 Å². The van der Waals surface area contributed by atoms with Gasteiger partial charge in [-0.25, -0.2) is 0 Å². The van der Waals surface area contributed by atoms with Crippen molar-refractivity contribution in [3.05, 3.63) is 277 Å². The van der Waals surface area contributed by atoms with Crippen LogP contribution in [0, 0.1) is 0 Å². The number of benzene rings is 12. The third-order valence-corrected chi connectivity index (χ3v) is 15.4. The second kappa shape index (κ2) is 14.5. The summed E-state index contributed by atoms with van der Waals surface area (Å²) in [5.41, 5.74) is 19.1. The summed E-state index contributed by atoms with van der Waals surface area (Å²) in [6, 6.07) is 95.1. The summed E-state index contributed by atoms with van der Waals surface area (Å²) >= 11 is 0. The molecule has 13 aromatic rings. The van der Waals surface area contributed by atoms with Crippen molar-refractivity contribution in [3.8, 4) is 39.1 Å². The number of rotatable bonds is 5. The van der Waals surface area contributed by atoms with Crippen LogP contribution in [0.4, 0.5) is 17.1 Å². The lowest BCUT2D eigenvalue weighted by molar-refractivity contribution is 0.793. The molecule has 0 amide bonds. The molecule has 0 saturated carbocycles. The van der Waals surface area contributed by atoms with Gasteiger partial charge < -0.3 is 9.47 Å². The standard InChI is InChI=1S/C67H42N2/c1-2-20-43(21-3-1)68-62-37-17-12-30-56(62)65-54(31-18-38-63(65)68)53-29-11-16-36-61(53)69(44-40-41-49-47-24-5-4-22-45(47)46-23-6-7-25-48(46)57(49)42-44)64-39-19-32-55-52-28-10-15-35-60(52)67(66(55)64)58-33-13-8-26-50(58)51-27-9-14-34-59(51)67/h1-42H.